The summed E-state index contributed by atoms with van der Waals surface area (Å²) < 4.78 is 103. The van der Waals surface area contributed by atoms with Crippen LogP contribution in [0.2, 0.25) is 0 Å². The van der Waals surface area contributed by atoms with E-state index in [4.69, 9.17) is 5.11 Å². The highest BCUT2D eigenvalue weighted by Gasteiger charge is 2.79. The first-order valence-corrected chi connectivity index (χ1v) is 4.04. The largest absolute Gasteiger partial charge is 0.505 e. The van der Waals surface area contributed by atoms with Crippen molar-refractivity contribution in [1.29, 1.82) is 0 Å². The Bertz CT molecular complexity index is 321. The lowest BCUT2D eigenvalue weighted by atomic mass is 10.0. The molecule has 0 spiro atoms. The predicted molar refractivity (Wildman–Crippen MR) is 39.4 cm³/mol. The molecule has 0 aromatic carbocycles. The van der Waals surface area contributed by atoms with Crippen LogP contribution in [0, 0.1) is 0 Å². The van der Waals surface area contributed by atoms with Gasteiger partial charge in [0.05, 0.1) is 0 Å². The van der Waals surface area contributed by atoms with Crippen molar-refractivity contribution in [3.05, 3.63) is 0 Å². The van der Waals surface area contributed by atoms with Gasteiger partial charge in [-0.1, -0.05) is 0 Å². The Morgan fingerprint density at radius 1 is 1.00 bits per heavy atom. The van der Waals surface area contributed by atoms with E-state index in [1.807, 2.05) is 0 Å². The van der Waals surface area contributed by atoms with Crippen molar-refractivity contribution in [2.75, 3.05) is 6.61 Å². The topological polar surface area (TPSA) is 46.5 Å². The standard InChI is InChI=1S/C7H6F8O3/c1-4(8,9)6(12,13)7(14,15)5(10,11)2-18-3(16)17/h2H2,1H3,(H,16,17). The second-order valence-corrected chi connectivity index (χ2v) is 3.30. The number of halogens is 8. The molecule has 0 unspecified atom stereocenters. The van der Waals surface area contributed by atoms with Crippen LogP contribution in [-0.2, 0) is 4.74 Å². The molecule has 0 aliphatic rings. The molecule has 0 aliphatic heterocycles. The van der Waals surface area contributed by atoms with Crippen molar-refractivity contribution in [2.24, 2.45) is 0 Å². The van der Waals surface area contributed by atoms with Gasteiger partial charge in [0.1, 0.15) is 0 Å². The summed E-state index contributed by atoms with van der Waals surface area (Å²) in [6, 6.07) is 0. The molecule has 11 heteroatoms. The molecule has 0 saturated carbocycles. The summed E-state index contributed by atoms with van der Waals surface area (Å²) in [5.41, 5.74) is 0. The van der Waals surface area contributed by atoms with Crippen LogP contribution >= 0.6 is 0 Å². The molecule has 0 aliphatic carbocycles. The molecule has 0 atom stereocenters. The van der Waals surface area contributed by atoms with Gasteiger partial charge >= 0.3 is 29.8 Å². The van der Waals surface area contributed by atoms with Crippen molar-refractivity contribution in [1.82, 2.24) is 0 Å². The van der Waals surface area contributed by atoms with Gasteiger partial charge in [-0.15, -0.1) is 0 Å². The van der Waals surface area contributed by atoms with E-state index in [1.165, 1.54) is 0 Å². The van der Waals surface area contributed by atoms with Crippen LogP contribution in [-0.4, -0.2) is 41.6 Å². The van der Waals surface area contributed by atoms with E-state index in [2.05, 4.69) is 4.74 Å². The van der Waals surface area contributed by atoms with Crippen LogP contribution in [0.1, 0.15) is 6.92 Å². The van der Waals surface area contributed by atoms with E-state index in [1.54, 1.807) is 0 Å². The molecule has 3 nitrogen and oxygen atoms in total. The Morgan fingerprint density at radius 3 is 1.67 bits per heavy atom. The third kappa shape index (κ3) is 2.75. The molecule has 1 N–H and O–H groups in total. The highest BCUT2D eigenvalue weighted by Crippen LogP contribution is 2.52. The minimum Gasteiger partial charge on any atom is -0.450 e. The number of alkyl halides is 8. The van der Waals surface area contributed by atoms with E-state index in [9.17, 15) is 39.9 Å². The molecule has 0 radical (unpaired) electrons. The maximum absolute atomic E-state index is 12.7. The maximum atomic E-state index is 12.7. The lowest BCUT2D eigenvalue weighted by molar-refractivity contribution is -0.366. The van der Waals surface area contributed by atoms with E-state index in [-0.39, 0.29) is 0 Å². The zero-order valence-corrected chi connectivity index (χ0v) is 8.49. The third-order valence-electron chi connectivity index (χ3n) is 1.78. The van der Waals surface area contributed by atoms with Gasteiger partial charge in [0.25, 0.3) is 0 Å². The van der Waals surface area contributed by atoms with Gasteiger partial charge in [0.15, 0.2) is 6.61 Å². The second-order valence-electron chi connectivity index (χ2n) is 3.30. The average molecular weight is 290 g/mol. The van der Waals surface area contributed by atoms with E-state index in [0.29, 0.717) is 0 Å². The van der Waals surface area contributed by atoms with Crippen LogP contribution in [0.4, 0.5) is 39.9 Å². The fourth-order valence-electron chi connectivity index (χ4n) is 0.748. The Hall–Kier alpha value is -1.29. The maximum Gasteiger partial charge on any atom is 0.505 e. The number of carboxylic acid groups (broad SMARTS) is 1. The van der Waals surface area contributed by atoms with Gasteiger partial charge in [-0.2, -0.15) is 35.1 Å². The molecule has 0 heterocycles. The van der Waals surface area contributed by atoms with Gasteiger partial charge in [0.2, 0.25) is 0 Å². The monoisotopic (exact) mass is 290 g/mol. The summed E-state index contributed by atoms with van der Waals surface area (Å²) in [5, 5.41) is 7.77. The normalized spacial score (nSPS) is 14.5. The number of ether oxygens (including phenoxy) is 1. The van der Waals surface area contributed by atoms with Gasteiger partial charge < -0.3 is 9.84 Å². The van der Waals surface area contributed by atoms with Gasteiger partial charge in [-0.3, -0.25) is 0 Å². The minimum absolute atomic E-state index is 0.672. The first-order valence-electron chi connectivity index (χ1n) is 4.04. The zero-order valence-electron chi connectivity index (χ0n) is 8.49. The molecule has 0 rings (SSSR count). The Morgan fingerprint density at radius 2 is 1.39 bits per heavy atom. The molecule has 0 saturated heterocycles. The van der Waals surface area contributed by atoms with E-state index < -0.39 is 43.4 Å². The Labute approximate surface area is 94.3 Å². The first-order chi connectivity index (χ1) is 7.67. The molecule has 108 valence electrons. The van der Waals surface area contributed by atoms with Crippen molar-refractivity contribution in [2.45, 2.75) is 30.6 Å². The van der Waals surface area contributed by atoms with Gasteiger partial charge in [0, 0.05) is 6.92 Å². The predicted octanol–water partition coefficient (Wildman–Crippen LogP) is 3.24. The summed E-state index contributed by atoms with van der Waals surface area (Å²) in [6.45, 7) is -3.35. The van der Waals surface area contributed by atoms with Crippen molar-refractivity contribution >= 4 is 6.16 Å². The van der Waals surface area contributed by atoms with Gasteiger partial charge in [-0.25, -0.2) is 4.79 Å². The zero-order chi connectivity index (χ0) is 15.0. The van der Waals surface area contributed by atoms with E-state index >= 15 is 0 Å². The number of rotatable bonds is 5. The summed E-state index contributed by atoms with van der Waals surface area (Å²) in [4.78, 5) is 9.68. The smallest absolute Gasteiger partial charge is 0.450 e. The van der Waals surface area contributed by atoms with Crippen LogP contribution in [0.5, 0.6) is 0 Å². The molecule has 0 amide bonds. The molecule has 0 bridgehead atoms. The molecular formula is C7H6F8O3. The Balaban J connectivity index is 5.29. The highest BCUT2D eigenvalue weighted by molar-refractivity contribution is 5.56. The molecule has 0 fully saturated rings. The molecule has 0 aromatic rings. The summed E-state index contributed by atoms with van der Waals surface area (Å²) in [6.07, 6.45) is -2.45. The lowest BCUT2D eigenvalue weighted by Crippen LogP contribution is -2.62. The number of hydrogen-bond acceptors (Lipinski definition) is 2. The first kappa shape index (κ1) is 16.7. The number of carbonyl (C=O) groups is 1. The fraction of sp³-hybridized carbons (Fsp3) is 0.857. The minimum atomic E-state index is -6.49. The quantitative estimate of drug-likeness (QED) is 0.624. The number of hydrogen-bond donors (Lipinski definition) is 1. The summed E-state index contributed by atoms with van der Waals surface area (Å²) >= 11 is 0. The third-order valence-corrected chi connectivity index (χ3v) is 1.78. The Kier molecular flexibility index (Phi) is 4.11. The van der Waals surface area contributed by atoms with Crippen LogP contribution in [0.15, 0.2) is 0 Å². The molecule has 0 aromatic heterocycles. The van der Waals surface area contributed by atoms with Crippen LogP contribution in [0.3, 0.4) is 0 Å². The lowest BCUT2D eigenvalue weighted by Gasteiger charge is -2.34. The van der Waals surface area contributed by atoms with Crippen LogP contribution < -0.4 is 0 Å². The molecule has 18 heavy (non-hydrogen) atoms. The second kappa shape index (κ2) is 4.43. The summed E-state index contributed by atoms with van der Waals surface area (Å²) in [7, 11) is 0. The molecular weight excluding hydrogens is 284 g/mol. The van der Waals surface area contributed by atoms with Gasteiger partial charge in [-0.05, 0) is 0 Å². The SMILES string of the molecule is CC(F)(F)C(F)(F)C(F)(F)C(F)(F)COC(=O)O. The van der Waals surface area contributed by atoms with Crippen LogP contribution in [0.25, 0.3) is 0 Å². The van der Waals surface area contributed by atoms with Crippen molar-refractivity contribution in [3.8, 4) is 0 Å². The van der Waals surface area contributed by atoms with Crippen molar-refractivity contribution < 1.29 is 49.8 Å². The van der Waals surface area contributed by atoms with Crippen molar-refractivity contribution in [3.63, 3.8) is 0 Å². The highest BCUT2D eigenvalue weighted by atomic mass is 19.4. The van der Waals surface area contributed by atoms with E-state index in [0.717, 1.165) is 0 Å². The summed E-state index contributed by atoms with van der Waals surface area (Å²) in [5.74, 6) is -24.1. The average Bonchev–Trinajstić information content (AvgIpc) is 2.12. The fourth-order valence-corrected chi connectivity index (χ4v) is 0.748.